The van der Waals surface area contributed by atoms with Gasteiger partial charge in [-0.05, 0) is 43.4 Å². The van der Waals surface area contributed by atoms with Crippen molar-refractivity contribution >= 4 is 29.1 Å². The molecule has 1 saturated carbocycles. The maximum absolute atomic E-state index is 12.2. The predicted octanol–water partition coefficient (Wildman–Crippen LogP) is 2.48. The average molecular weight is 358 g/mol. The van der Waals surface area contributed by atoms with Gasteiger partial charge in [0, 0.05) is 30.7 Å². The largest absolute Gasteiger partial charge is 0.482 e. The summed E-state index contributed by atoms with van der Waals surface area (Å²) in [6, 6.07) is 5.78. The van der Waals surface area contributed by atoms with E-state index in [0.717, 1.165) is 12.3 Å². The molecule has 2 aliphatic rings. The lowest BCUT2D eigenvalue weighted by Crippen LogP contribution is -2.43. The summed E-state index contributed by atoms with van der Waals surface area (Å²) < 4.78 is 5.49. The second kappa shape index (κ2) is 7.26. The van der Waals surface area contributed by atoms with Gasteiger partial charge in [0.05, 0.1) is 5.02 Å². The SMILES string of the molecule is CN(CC1CC(C2CC2)NN1)C(=O)COc1ccc(Cl)cc1Cl. The number of nitrogens with zero attached hydrogens (tertiary/aromatic N) is 1. The van der Waals surface area contributed by atoms with Crippen LogP contribution >= 0.6 is 23.2 Å². The van der Waals surface area contributed by atoms with Gasteiger partial charge in [-0.2, -0.15) is 0 Å². The molecule has 0 radical (unpaired) electrons. The molecule has 3 rings (SSSR count). The Labute approximate surface area is 146 Å². The first kappa shape index (κ1) is 16.8. The Bertz CT molecular complexity index is 580. The molecule has 2 fully saturated rings. The molecule has 7 heteroatoms. The first-order valence-electron chi connectivity index (χ1n) is 7.86. The standard InChI is InChI=1S/C16H21Cl2N3O2/c1-21(8-12-7-14(20-19-12)10-2-3-10)16(22)9-23-15-5-4-11(17)6-13(15)18/h4-6,10,12,14,19-20H,2-3,7-9H2,1H3. The minimum absolute atomic E-state index is 0.0376. The minimum atomic E-state index is -0.0762. The van der Waals surface area contributed by atoms with Gasteiger partial charge in [-0.25, -0.2) is 0 Å². The Morgan fingerprint density at radius 1 is 1.35 bits per heavy atom. The Balaban J connectivity index is 1.44. The zero-order chi connectivity index (χ0) is 16.4. The highest BCUT2D eigenvalue weighted by Crippen LogP contribution is 2.35. The molecule has 1 heterocycles. The van der Waals surface area contributed by atoms with Crippen LogP contribution in [0.4, 0.5) is 0 Å². The molecule has 2 atom stereocenters. The summed E-state index contributed by atoms with van der Waals surface area (Å²) in [6.07, 6.45) is 3.69. The van der Waals surface area contributed by atoms with Gasteiger partial charge in [0.25, 0.3) is 5.91 Å². The molecule has 5 nitrogen and oxygen atoms in total. The lowest BCUT2D eigenvalue weighted by molar-refractivity contribution is -0.132. The number of carbonyl (C=O) groups is 1. The number of hydrazine groups is 1. The highest BCUT2D eigenvalue weighted by molar-refractivity contribution is 6.35. The van der Waals surface area contributed by atoms with Gasteiger partial charge in [0.15, 0.2) is 6.61 Å². The van der Waals surface area contributed by atoms with Gasteiger partial charge >= 0.3 is 0 Å². The first-order valence-corrected chi connectivity index (χ1v) is 8.61. The molecule has 1 aromatic carbocycles. The fourth-order valence-electron chi connectivity index (χ4n) is 2.85. The predicted molar refractivity (Wildman–Crippen MR) is 90.8 cm³/mol. The second-order valence-corrected chi connectivity index (χ2v) is 7.15. The number of amides is 1. The molecule has 2 unspecified atom stereocenters. The Kier molecular flexibility index (Phi) is 5.31. The minimum Gasteiger partial charge on any atom is -0.482 e. The highest BCUT2D eigenvalue weighted by atomic mass is 35.5. The average Bonchev–Trinajstić information content (AvgIpc) is 3.26. The van der Waals surface area contributed by atoms with E-state index in [1.807, 2.05) is 0 Å². The van der Waals surface area contributed by atoms with Crippen LogP contribution in [0.3, 0.4) is 0 Å². The van der Waals surface area contributed by atoms with Crippen molar-refractivity contribution in [2.45, 2.75) is 31.3 Å². The number of nitrogens with one attached hydrogen (secondary N) is 2. The zero-order valence-electron chi connectivity index (χ0n) is 13.0. The number of rotatable bonds is 6. The summed E-state index contributed by atoms with van der Waals surface area (Å²) in [5.74, 6) is 1.20. The summed E-state index contributed by atoms with van der Waals surface area (Å²) in [6.45, 7) is 0.622. The van der Waals surface area contributed by atoms with Crippen LogP contribution in [0.5, 0.6) is 5.75 Å². The Hall–Kier alpha value is -1.01. The van der Waals surface area contributed by atoms with E-state index in [4.69, 9.17) is 27.9 Å². The Morgan fingerprint density at radius 2 is 2.13 bits per heavy atom. The van der Waals surface area contributed by atoms with E-state index in [1.165, 1.54) is 12.8 Å². The molecule has 23 heavy (non-hydrogen) atoms. The van der Waals surface area contributed by atoms with Crippen molar-refractivity contribution < 1.29 is 9.53 Å². The monoisotopic (exact) mass is 357 g/mol. The quantitative estimate of drug-likeness (QED) is 0.821. The van der Waals surface area contributed by atoms with Crippen molar-refractivity contribution in [3.63, 3.8) is 0 Å². The number of carbonyl (C=O) groups excluding carboxylic acids is 1. The molecule has 1 amide bonds. The number of ether oxygens (including phenoxy) is 1. The third-order valence-electron chi connectivity index (χ3n) is 4.37. The van der Waals surface area contributed by atoms with E-state index in [0.29, 0.717) is 28.4 Å². The van der Waals surface area contributed by atoms with Crippen LogP contribution in [-0.4, -0.2) is 43.1 Å². The molecule has 1 aliphatic carbocycles. The summed E-state index contributed by atoms with van der Waals surface area (Å²) >= 11 is 11.9. The van der Waals surface area contributed by atoms with Crippen LogP contribution < -0.4 is 15.6 Å². The first-order chi connectivity index (χ1) is 11.0. The fraction of sp³-hybridized carbons (Fsp3) is 0.562. The van der Waals surface area contributed by atoms with Crippen molar-refractivity contribution in [1.82, 2.24) is 15.8 Å². The highest BCUT2D eigenvalue weighted by Gasteiger charge is 2.36. The van der Waals surface area contributed by atoms with Crippen molar-refractivity contribution in [3.05, 3.63) is 28.2 Å². The lowest BCUT2D eigenvalue weighted by Gasteiger charge is -2.21. The van der Waals surface area contributed by atoms with E-state index in [1.54, 1.807) is 30.1 Å². The van der Waals surface area contributed by atoms with E-state index in [9.17, 15) is 4.79 Å². The number of halogens is 2. The molecule has 126 valence electrons. The van der Waals surface area contributed by atoms with Crippen LogP contribution in [0.2, 0.25) is 10.0 Å². The summed E-state index contributed by atoms with van der Waals surface area (Å²) in [4.78, 5) is 13.9. The third-order valence-corrected chi connectivity index (χ3v) is 4.90. The van der Waals surface area contributed by atoms with Crippen LogP contribution in [0.15, 0.2) is 18.2 Å². The lowest BCUT2D eigenvalue weighted by atomic mass is 10.1. The molecule has 1 aliphatic heterocycles. The molecule has 0 spiro atoms. The number of likely N-dealkylation sites (N-methyl/N-ethyl adjacent to an activating group) is 1. The summed E-state index contributed by atoms with van der Waals surface area (Å²) in [5, 5.41) is 0.942. The number of benzene rings is 1. The van der Waals surface area contributed by atoms with E-state index in [-0.39, 0.29) is 18.6 Å². The maximum Gasteiger partial charge on any atom is 0.260 e. The smallest absolute Gasteiger partial charge is 0.260 e. The van der Waals surface area contributed by atoms with E-state index in [2.05, 4.69) is 10.9 Å². The van der Waals surface area contributed by atoms with Gasteiger partial charge in [-0.1, -0.05) is 23.2 Å². The number of hydrogen-bond acceptors (Lipinski definition) is 4. The topological polar surface area (TPSA) is 53.6 Å². The van der Waals surface area contributed by atoms with Gasteiger partial charge < -0.3 is 9.64 Å². The summed E-state index contributed by atoms with van der Waals surface area (Å²) in [5.41, 5.74) is 6.62. The van der Waals surface area contributed by atoms with Crippen LogP contribution in [0.1, 0.15) is 19.3 Å². The van der Waals surface area contributed by atoms with Crippen molar-refractivity contribution in [3.8, 4) is 5.75 Å². The maximum atomic E-state index is 12.2. The van der Waals surface area contributed by atoms with E-state index < -0.39 is 0 Å². The van der Waals surface area contributed by atoms with Gasteiger partial charge in [-0.15, -0.1) is 0 Å². The second-order valence-electron chi connectivity index (χ2n) is 6.30. The van der Waals surface area contributed by atoms with Crippen LogP contribution in [0.25, 0.3) is 0 Å². The Morgan fingerprint density at radius 3 is 2.83 bits per heavy atom. The number of hydrogen-bond donors (Lipinski definition) is 2. The van der Waals surface area contributed by atoms with Crippen molar-refractivity contribution in [1.29, 1.82) is 0 Å². The molecule has 2 N–H and O–H groups in total. The molecule has 0 aromatic heterocycles. The molecular weight excluding hydrogens is 337 g/mol. The van der Waals surface area contributed by atoms with Crippen molar-refractivity contribution in [2.75, 3.05) is 20.2 Å². The molecule has 1 saturated heterocycles. The normalized spacial score (nSPS) is 23.8. The van der Waals surface area contributed by atoms with Crippen LogP contribution in [-0.2, 0) is 4.79 Å². The fourth-order valence-corrected chi connectivity index (χ4v) is 3.32. The van der Waals surface area contributed by atoms with Gasteiger partial charge in [-0.3, -0.25) is 15.6 Å². The zero-order valence-corrected chi connectivity index (χ0v) is 14.5. The van der Waals surface area contributed by atoms with E-state index >= 15 is 0 Å². The van der Waals surface area contributed by atoms with Crippen LogP contribution in [0, 0.1) is 5.92 Å². The summed E-state index contributed by atoms with van der Waals surface area (Å²) in [7, 11) is 1.79. The van der Waals surface area contributed by atoms with Crippen molar-refractivity contribution in [2.24, 2.45) is 5.92 Å². The molecule has 0 bridgehead atoms. The molecular formula is C16H21Cl2N3O2. The third kappa shape index (κ3) is 4.51. The van der Waals surface area contributed by atoms with Gasteiger partial charge in [0.2, 0.25) is 0 Å². The van der Waals surface area contributed by atoms with Gasteiger partial charge in [0.1, 0.15) is 5.75 Å². The molecule has 1 aromatic rings.